The van der Waals surface area contributed by atoms with Gasteiger partial charge in [0.2, 0.25) is 0 Å². The predicted octanol–water partition coefficient (Wildman–Crippen LogP) is 2.92. The van der Waals surface area contributed by atoms with Gasteiger partial charge in [-0.25, -0.2) is 0 Å². The van der Waals surface area contributed by atoms with Crippen molar-refractivity contribution in [1.29, 1.82) is 0 Å². The van der Waals surface area contributed by atoms with Crippen LogP contribution in [-0.4, -0.2) is 13.6 Å². The summed E-state index contributed by atoms with van der Waals surface area (Å²) >= 11 is 0. The van der Waals surface area contributed by atoms with Crippen LogP contribution in [0.3, 0.4) is 0 Å². The van der Waals surface area contributed by atoms with Gasteiger partial charge in [-0.15, -0.1) is 0 Å². The van der Waals surface area contributed by atoms with Crippen molar-refractivity contribution in [3.63, 3.8) is 0 Å². The molecule has 0 amide bonds. The summed E-state index contributed by atoms with van der Waals surface area (Å²) in [4.78, 5) is 2.35. The smallest absolute Gasteiger partial charge is 0.0363 e. The first-order chi connectivity index (χ1) is 6.20. The number of benzene rings is 1. The molecular weight excluding hydrogens is 158 g/mol. The molecule has 1 nitrogen and oxygen atoms in total. The molecule has 1 fully saturated rings. The topological polar surface area (TPSA) is 3.24 Å². The first kappa shape index (κ1) is 8.61. The van der Waals surface area contributed by atoms with Crippen LogP contribution in [0, 0.1) is 5.41 Å². The first-order valence-electron chi connectivity index (χ1n) is 4.96. The Hall–Kier alpha value is -0.980. The van der Waals surface area contributed by atoms with Crippen molar-refractivity contribution in [3.8, 4) is 0 Å². The van der Waals surface area contributed by atoms with Gasteiger partial charge in [-0.2, -0.15) is 0 Å². The molecule has 0 atom stereocenters. The molecule has 0 unspecified atom stereocenters. The summed E-state index contributed by atoms with van der Waals surface area (Å²) in [6, 6.07) is 10.6. The van der Waals surface area contributed by atoms with Crippen LogP contribution in [0.2, 0.25) is 0 Å². The van der Waals surface area contributed by atoms with Gasteiger partial charge < -0.3 is 4.90 Å². The average molecular weight is 175 g/mol. The van der Waals surface area contributed by atoms with Crippen LogP contribution >= 0.6 is 0 Å². The van der Waals surface area contributed by atoms with Crippen molar-refractivity contribution >= 4 is 5.69 Å². The van der Waals surface area contributed by atoms with Crippen molar-refractivity contribution in [1.82, 2.24) is 0 Å². The van der Waals surface area contributed by atoms with Crippen LogP contribution < -0.4 is 4.90 Å². The molecule has 0 heterocycles. The lowest BCUT2D eigenvalue weighted by atomic mass is 10.1. The van der Waals surface area contributed by atoms with E-state index in [1.165, 1.54) is 25.1 Å². The largest absolute Gasteiger partial charge is 0.374 e. The second kappa shape index (κ2) is 3.06. The standard InChI is InChI=1S/C12H17N/c1-12(8-9-12)10-13(2)11-6-4-3-5-7-11/h3-7H,8-10H2,1-2H3. The Labute approximate surface area is 80.4 Å². The Morgan fingerprint density at radius 2 is 1.85 bits per heavy atom. The van der Waals surface area contributed by atoms with E-state index >= 15 is 0 Å². The van der Waals surface area contributed by atoms with E-state index in [1.807, 2.05) is 0 Å². The van der Waals surface area contributed by atoms with Gasteiger partial charge in [-0.3, -0.25) is 0 Å². The Morgan fingerprint density at radius 3 is 2.38 bits per heavy atom. The Kier molecular flexibility index (Phi) is 2.03. The highest BCUT2D eigenvalue weighted by Gasteiger charge is 2.38. The minimum Gasteiger partial charge on any atom is -0.374 e. The second-order valence-corrected chi connectivity index (χ2v) is 4.50. The van der Waals surface area contributed by atoms with E-state index in [2.05, 4.69) is 49.2 Å². The van der Waals surface area contributed by atoms with Crippen molar-refractivity contribution in [2.24, 2.45) is 5.41 Å². The maximum Gasteiger partial charge on any atom is 0.0363 e. The summed E-state index contributed by atoms with van der Waals surface area (Å²) in [5, 5.41) is 0. The SMILES string of the molecule is CN(CC1(C)CC1)c1ccccc1. The summed E-state index contributed by atoms with van der Waals surface area (Å²) in [6.45, 7) is 3.56. The third-order valence-corrected chi connectivity index (χ3v) is 2.92. The minimum absolute atomic E-state index is 0.602. The molecule has 1 aromatic rings. The molecule has 1 saturated carbocycles. The Bertz CT molecular complexity index is 274. The molecule has 0 spiro atoms. The maximum atomic E-state index is 2.37. The summed E-state index contributed by atoms with van der Waals surface area (Å²) in [7, 11) is 2.18. The summed E-state index contributed by atoms with van der Waals surface area (Å²) in [6.07, 6.45) is 2.79. The lowest BCUT2D eigenvalue weighted by Gasteiger charge is -2.22. The van der Waals surface area contributed by atoms with E-state index in [0.717, 1.165) is 0 Å². The van der Waals surface area contributed by atoms with E-state index < -0.39 is 0 Å². The maximum absolute atomic E-state index is 2.37. The molecule has 70 valence electrons. The number of anilines is 1. The van der Waals surface area contributed by atoms with Gasteiger partial charge in [-0.05, 0) is 30.4 Å². The van der Waals surface area contributed by atoms with E-state index in [-0.39, 0.29) is 0 Å². The fourth-order valence-electron chi connectivity index (χ4n) is 1.72. The van der Waals surface area contributed by atoms with Gasteiger partial charge in [0.05, 0.1) is 0 Å². The Balaban J connectivity index is 2.01. The summed E-state index contributed by atoms with van der Waals surface area (Å²) in [5.74, 6) is 0. The number of hydrogen-bond acceptors (Lipinski definition) is 1. The molecular formula is C12H17N. The van der Waals surface area contributed by atoms with Crippen molar-refractivity contribution in [3.05, 3.63) is 30.3 Å². The third kappa shape index (κ3) is 2.03. The molecule has 2 rings (SSSR count). The zero-order chi connectivity index (χ0) is 9.31. The fraction of sp³-hybridized carbons (Fsp3) is 0.500. The van der Waals surface area contributed by atoms with Crippen LogP contribution in [-0.2, 0) is 0 Å². The van der Waals surface area contributed by atoms with Crippen LogP contribution in [0.15, 0.2) is 30.3 Å². The normalized spacial score (nSPS) is 18.3. The molecule has 1 aliphatic rings. The monoisotopic (exact) mass is 175 g/mol. The van der Waals surface area contributed by atoms with E-state index in [9.17, 15) is 0 Å². The van der Waals surface area contributed by atoms with Crippen LogP contribution in [0.4, 0.5) is 5.69 Å². The second-order valence-electron chi connectivity index (χ2n) is 4.50. The van der Waals surface area contributed by atoms with Gasteiger partial charge in [0, 0.05) is 19.3 Å². The lowest BCUT2D eigenvalue weighted by Crippen LogP contribution is -2.24. The summed E-state index contributed by atoms with van der Waals surface area (Å²) < 4.78 is 0. The average Bonchev–Trinajstić information content (AvgIpc) is 2.85. The van der Waals surface area contributed by atoms with Crippen LogP contribution in [0.25, 0.3) is 0 Å². The highest BCUT2D eigenvalue weighted by atomic mass is 15.1. The zero-order valence-electron chi connectivity index (χ0n) is 8.46. The molecule has 0 radical (unpaired) electrons. The van der Waals surface area contributed by atoms with Gasteiger partial charge in [0.1, 0.15) is 0 Å². The van der Waals surface area contributed by atoms with Crippen molar-refractivity contribution in [2.75, 3.05) is 18.5 Å². The summed E-state index contributed by atoms with van der Waals surface area (Å²) in [5.41, 5.74) is 1.93. The number of hydrogen-bond donors (Lipinski definition) is 0. The van der Waals surface area contributed by atoms with Crippen LogP contribution in [0.5, 0.6) is 0 Å². The molecule has 0 N–H and O–H groups in total. The molecule has 1 heteroatoms. The predicted molar refractivity (Wildman–Crippen MR) is 57.1 cm³/mol. The Morgan fingerprint density at radius 1 is 1.23 bits per heavy atom. The zero-order valence-corrected chi connectivity index (χ0v) is 8.46. The van der Waals surface area contributed by atoms with Gasteiger partial charge in [0.15, 0.2) is 0 Å². The van der Waals surface area contributed by atoms with Gasteiger partial charge in [0.25, 0.3) is 0 Å². The van der Waals surface area contributed by atoms with Gasteiger partial charge in [-0.1, -0.05) is 25.1 Å². The molecule has 0 aliphatic heterocycles. The molecule has 1 aliphatic carbocycles. The van der Waals surface area contributed by atoms with Crippen LogP contribution in [0.1, 0.15) is 19.8 Å². The van der Waals surface area contributed by atoms with E-state index in [4.69, 9.17) is 0 Å². The molecule has 0 saturated heterocycles. The lowest BCUT2D eigenvalue weighted by molar-refractivity contribution is 0.569. The number of rotatable bonds is 3. The highest BCUT2D eigenvalue weighted by molar-refractivity contribution is 5.45. The van der Waals surface area contributed by atoms with Gasteiger partial charge >= 0.3 is 0 Å². The molecule has 1 aromatic carbocycles. The quantitative estimate of drug-likeness (QED) is 0.682. The minimum atomic E-state index is 0.602. The molecule has 0 bridgehead atoms. The van der Waals surface area contributed by atoms with Crippen molar-refractivity contribution < 1.29 is 0 Å². The number of para-hydroxylation sites is 1. The third-order valence-electron chi connectivity index (χ3n) is 2.92. The highest BCUT2D eigenvalue weighted by Crippen LogP contribution is 2.45. The number of nitrogens with zero attached hydrogens (tertiary/aromatic N) is 1. The fourth-order valence-corrected chi connectivity index (χ4v) is 1.72. The van der Waals surface area contributed by atoms with E-state index in [0.29, 0.717) is 5.41 Å². The first-order valence-corrected chi connectivity index (χ1v) is 4.96. The molecule has 0 aromatic heterocycles. The van der Waals surface area contributed by atoms with E-state index in [1.54, 1.807) is 0 Å². The molecule has 13 heavy (non-hydrogen) atoms. The van der Waals surface area contributed by atoms with Crippen molar-refractivity contribution in [2.45, 2.75) is 19.8 Å².